The van der Waals surface area contributed by atoms with Gasteiger partial charge in [-0.15, -0.1) is 0 Å². The minimum Gasteiger partial charge on any atom is -0.464 e. The molecule has 3 amide bonds. The zero-order chi connectivity index (χ0) is 18.7. The highest BCUT2D eigenvalue weighted by atomic mass is 19.1. The number of hydrogen-bond acceptors (Lipinski definition) is 4. The van der Waals surface area contributed by atoms with Crippen molar-refractivity contribution in [2.75, 3.05) is 13.2 Å². The van der Waals surface area contributed by atoms with Crippen LogP contribution >= 0.6 is 0 Å². The highest BCUT2D eigenvalue weighted by molar-refractivity contribution is 6.08. The van der Waals surface area contributed by atoms with Crippen LogP contribution in [0.2, 0.25) is 0 Å². The monoisotopic (exact) mass is 360 g/mol. The second-order valence-electron chi connectivity index (χ2n) is 6.79. The molecule has 1 aliphatic heterocycles. The van der Waals surface area contributed by atoms with E-state index >= 15 is 0 Å². The molecule has 1 heterocycles. The lowest BCUT2D eigenvalue weighted by Gasteiger charge is -2.22. The number of imide groups is 1. The lowest BCUT2D eigenvalue weighted by molar-refractivity contribution is -0.149. The van der Waals surface area contributed by atoms with Crippen molar-refractivity contribution in [3.8, 4) is 0 Å². The third-order valence-corrected chi connectivity index (χ3v) is 4.84. The first-order valence-corrected chi connectivity index (χ1v) is 8.61. The van der Waals surface area contributed by atoms with E-state index < -0.39 is 35.8 Å². The van der Waals surface area contributed by atoms with Gasteiger partial charge in [-0.3, -0.25) is 14.5 Å². The first-order chi connectivity index (χ1) is 12.4. The summed E-state index contributed by atoms with van der Waals surface area (Å²) in [5, 5.41) is 2.57. The average Bonchev–Trinajstić information content (AvgIpc) is 2.85. The summed E-state index contributed by atoms with van der Waals surface area (Å²) in [6.07, 6.45) is 6.94. The van der Waals surface area contributed by atoms with Gasteiger partial charge in [0, 0.05) is 0 Å². The molecule has 1 aromatic rings. The average molecular weight is 360 g/mol. The number of benzene rings is 1. The summed E-state index contributed by atoms with van der Waals surface area (Å²) in [6.45, 7) is 1.37. The Kier molecular flexibility index (Phi) is 5.06. The van der Waals surface area contributed by atoms with Crippen LogP contribution < -0.4 is 5.32 Å². The molecule has 0 spiro atoms. The Hall–Kier alpha value is -2.70. The number of urea groups is 1. The number of halogens is 1. The van der Waals surface area contributed by atoms with Crippen molar-refractivity contribution in [2.24, 2.45) is 5.92 Å². The summed E-state index contributed by atoms with van der Waals surface area (Å²) in [5.74, 6) is -1.35. The van der Waals surface area contributed by atoms with Gasteiger partial charge in [0.05, 0.1) is 6.61 Å². The quantitative estimate of drug-likeness (QED) is 0.497. The zero-order valence-electron chi connectivity index (χ0n) is 14.5. The SMILES string of the molecule is CC1(c2ccc(F)cc2)NC(=O)N(CC(=O)OCC2CC=CCC2)C1=O. The third kappa shape index (κ3) is 3.61. The van der Waals surface area contributed by atoms with E-state index in [0.717, 1.165) is 24.2 Å². The van der Waals surface area contributed by atoms with Crippen LogP contribution in [0.3, 0.4) is 0 Å². The van der Waals surface area contributed by atoms with E-state index in [-0.39, 0.29) is 12.5 Å². The molecule has 0 bridgehead atoms. The normalized spacial score (nSPS) is 25.3. The van der Waals surface area contributed by atoms with Crippen molar-refractivity contribution in [1.82, 2.24) is 10.2 Å². The predicted octanol–water partition coefficient (Wildman–Crippen LogP) is 2.49. The molecule has 1 aliphatic carbocycles. The minimum absolute atomic E-state index is 0.275. The maximum Gasteiger partial charge on any atom is 0.326 e. The maximum atomic E-state index is 13.1. The van der Waals surface area contributed by atoms with Gasteiger partial charge < -0.3 is 10.1 Å². The minimum atomic E-state index is -1.33. The zero-order valence-corrected chi connectivity index (χ0v) is 14.5. The van der Waals surface area contributed by atoms with Crippen LogP contribution in [0.25, 0.3) is 0 Å². The van der Waals surface area contributed by atoms with Crippen LogP contribution in [0.1, 0.15) is 31.7 Å². The summed E-state index contributed by atoms with van der Waals surface area (Å²) in [5.41, 5.74) is -0.888. The van der Waals surface area contributed by atoms with Gasteiger partial charge in [0.25, 0.3) is 5.91 Å². The van der Waals surface area contributed by atoms with E-state index in [9.17, 15) is 18.8 Å². The van der Waals surface area contributed by atoms with Crippen molar-refractivity contribution in [1.29, 1.82) is 0 Å². The Morgan fingerprint density at radius 2 is 2.04 bits per heavy atom. The molecule has 3 rings (SSSR count). The molecular weight excluding hydrogens is 339 g/mol. The van der Waals surface area contributed by atoms with Gasteiger partial charge in [0.2, 0.25) is 0 Å². The molecule has 1 fully saturated rings. The molecule has 0 saturated carbocycles. The number of allylic oxidation sites excluding steroid dienone is 2. The Morgan fingerprint density at radius 1 is 1.31 bits per heavy atom. The molecule has 2 aliphatic rings. The van der Waals surface area contributed by atoms with E-state index in [0.29, 0.717) is 5.56 Å². The lowest BCUT2D eigenvalue weighted by Crippen LogP contribution is -2.41. The van der Waals surface area contributed by atoms with Gasteiger partial charge in [-0.1, -0.05) is 24.3 Å². The standard InChI is InChI=1S/C19H21FN2O4/c1-19(14-7-9-15(20)10-8-14)17(24)22(18(25)21-19)11-16(23)26-12-13-5-3-2-4-6-13/h2-3,7-10,13H,4-6,11-12H2,1H3,(H,21,25). The van der Waals surface area contributed by atoms with Crippen molar-refractivity contribution in [3.05, 3.63) is 47.8 Å². The van der Waals surface area contributed by atoms with Crippen molar-refractivity contribution >= 4 is 17.9 Å². The summed E-state index contributed by atoms with van der Waals surface area (Å²) in [4.78, 5) is 37.8. The number of amides is 3. The van der Waals surface area contributed by atoms with Crippen LogP contribution in [0.5, 0.6) is 0 Å². The van der Waals surface area contributed by atoms with E-state index in [1.165, 1.54) is 31.2 Å². The summed E-state index contributed by atoms with van der Waals surface area (Å²) in [6, 6.07) is 4.64. The molecule has 1 saturated heterocycles. The van der Waals surface area contributed by atoms with Crippen molar-refractivity contribution in [2.45, 2.75) is 31.7 Å². The molecule has 2 unspecified atom stereocenters. The van der Waals surface area contributed by atoms with E-state index in [1.54, 1.807) is 0 Å². The Morgan fingerprint density at radius 3 is 2.69 bits per heavy atom. The largest absolute Gasteiger partial charge is 0.464 e. The second-order valence-corrected chi connectivity index (χ2v) is 6.79. The van der Waals surface area contributed by atoms with Gasteiger partial charge in [-0.2, -0.15) is 0 Å². The van der Waals surface area contributed by atoms with E-state index in [1.807, 2.05) is 0 Å². The molecule has 6 nitrogen and oxygen atoms in total. The Balaban J connectivity index is 1.62. The molecule has 1 N–H and O–H groups in total. The number of ether oxygens (including phenoxy) is 1. The van der Waals surface area contributed by atoms with Crippen LogP contribution in [0, 0.1) is 11.7 Å². The second kappa shape index (κ2) is 7.27. The van der Waals surface area contributed by atoms with Gasteiger partial charge in [0.1, 0.15) is 17.9 Å². The molecule has 7 heteroatoms. The highest BCUT2D eigenvalue weighted by Crippen LogP contribution is 2.29. The van der Waals surface area contributed by atoms with E-state index in [4.69, 9.17) is 4.74 Å². The molecule has 2 atom stereocenters. The Bertz CT molecular complexity index is 746. The van der Waals surface area contributed by atoms with Crippen molar-refractivity contribution in [3.63, 3.8) is 0 Å². The fourth-order valence-electron chi connectivity index (χ4n) is 3.21. The van der Waals surface area contributed by atoms with Crippen molar-refractivity contribution < 1.29 is 23.5 Å². The first-order valence-electron chi connectivity index (χ1n) is 8.61. The summed E-state index contributed by atoms with van der Waals surface area (Å²) < 4.78 is 18.3. The van der Waals surface area contributed by atoms with Crippen LogP contribution in [-0.2, 0) is 19.9 Å². The topological polar surface area (TPSA) is 75.7 Å². The molecule has 1 aromatic carbocycles. The number of rotatable bonds is 5. The molecule has 138 valence electrons. The summed E-state index contributed by atoms with van der Waals surface area (Å²) >= 11 is 0. The number of hydrogen-bond donors (Lipinski definition) is 1. The van der Waals surface area contributed by atoms with Crippen LogP contribution in [0.4, 0.5) is 9.18 Å². The molecule has 26 heavy (non-hydrogen) atoms. The maximum absolute atomic E-state index is 13.1. The molecular formula is C19H21FN2O4. The lowest BCUT2D eigenvalue weighted by atomic mass is 9.92. The fraction of sp³-hybridized carbons (Fsp3) is 0.421. The number of nitrogens with zero attached hydrogens (tertiary/aromatic N) is 1. The third-order valence-electron chi connectivity index (χ3n) is 4.84. The molecule has 0 radical (unpaired) electrons. The predicted molar refractivity (Wildman–Crippen MR) is 91.4 cm³/mol. The van der Waals surface area contributed by atoms with Crippen LogP contribution in [-0.4, -0.2) is 36.0 Å². The van der Waals surface area contributed by atoms with Gasteiger partial charge in [-0.25, -0.2) is 9.18 Å². The first kappa shape index (κ1) is 18.1. The highest BCUT2D eigenvalue weighted by Gasteiger charge is 2.49. The van der Waals surface area contributed by atoms with E-state index in [2.05, 4.69) is 17.5 Å². The summed E-state index contributed by atoms with van der Waals surface area (Å²) in [7, 11) is 0. The number of carbonyl (C=O) groups excluding carboxylic acids is 3. The fourth-order valence-corrected chi connectivity index (χ4v) is 3.21. The van der Waals surface area contributed by atoms with Gasteiger partial charge in [0.15, 0.2) is 0 Å². The van der Waals surface area contributed by atoms with Crippen LogP contribution in [0.15, 0.2) is 36.4 Å². The molecule has 0 aromatic heterocycles. The smallest absolute Gasteiger partial charge is 0.326 e. The Labute approximate surface area is 151 Å². The number of carbonyl (C=O) groups is 3. The number of nitrogens with one attached hydrogen (secondary N) is 1. The number of esters is 1. The van der Waals surface area contributed by atoms with Gasteiger partial charge >= 0.3 is 12.0 Å². The van der Waals surface area contributed by atoms with Gasteiger partial charge in [-0.05, 0) is 49.8 Å².